The average molecular weight is 442 g/mol. The molecule has 0 amide bonds. The van der Waals surface area contributed by atoms with Gasteiger partial charge in [0, 0.05) is 22.0 Å². The summed E-state index contributed by atoms with van der Waals surface area (Å²) in [6.07, 6.45) is 0.700. The second kappa shape index (κ2) is 8.78. The van der Waals surface area contributed by atoms with Crippen molar-refractivity contribution in [2.45, 2.75) is 13.0 Å². The van der Waals surface area contributed by atoms with E-state index in [9.17, 15) is 9.90 Å². The monoisotopic (exact) mass is 441 g/mol. The van der Waals surface area contributed by atoms with Gasteiger partial charge in [0.25, 0.3) is 0 Å². The number of rotatable bonds is 7. The van der Waals surface area contributed by atoms with Gasteiger partial charge in [-0.3, -0.25) is 4.99 Å². The van der Waals surface area contributed by atoms with Crippen molar-refractivity contribution in [3.63, 3.8) is 0 Å². The van der Waals surface area contributed by atoms with Crippen molar-refractivity contribution in [3.8, 4) is 11.5 Å². The molecule has 7 heteroatoms. The summed E-state index contributed by atoms with van der Waals surface area (Å²) in [6, 6.07) is 17.5. The van der Waals surface area contributed by atoms with Gasteiger partial charge in [0.2, 0.25) is 0 Å². The summed E-state index contributed by atoms with van der Waals surface area (Å²) in [5.41, 5.74) is 3.81. The Balaban J connectivity index is 1.50. The molecule has 0 saturated carbocycles. The molecular formula is C23H17Cl2NO4. The van der Waals surface area contributed by atoms with Crippen molar-refractivity contribution >= 4 is 40.6 Å². The molecule has 0 spiro atoms. The van der Waals surface area contributed by atoms with E-state index in [4.69, 9.17) is 32.7 Å². The Morgan fingerprint density at radius 1 is 0.967 bits per heavy atom. The summed E-state index contributed by atoms with van der Waals surface area (Å²) in [6.45, 7) is 0.418. The second-order valence-electron chi connectivity index (χ2n) is 6.76. The van der Waals surface area contributed by atoms with Gasteiger partial charge >= 0.3 is 5.97 Å². The number of halogens is 2. The van der Waals surface area contributed by atoms with Crippen LogP contribution in [0.5, 0.6) is 11.5 Å². The number of fused-ring (bicyclic) bond motifs is 1. The summed E-state index contributed by atoms with van der Waals surface area (Å²) in [5, 5.41) is 10.3. The van der Waals surface area contributed by atoms with Gasteiger partial charge in [-0.1, -0.05) is 47.5 Å². The number of aliphatic imine (C=N–C) groups is 1. The standard InChI is InChI=1S/C23H17Cl2NO4/c24-17-7-5-16(19(25)11-17)12-29-21-8-6-15(23(27)28)10-22(21)30-13-18-9-14-3-1-2-4-20(14)26-18/h1-8,10-11H,9,12-13H2,(H,27,28). The highest BCUT2D eigenvalue weighted by molar-refractivity contribution is 6.35. The smallest absolute Gasteiger partial charge is 0.335 e. The predicted molar refractivity (Wildman–Crippen MR) is 117 cm³/mol. The lowest BCUT2D eigenvalue weighted by atomic mass is 10.1. The van der Waals surface area contributed by atoms with Crippen LogP contribution >= 0.6 is 23.2 Å². The molecular weight excluding hydrogens is 425 g/mol. The third-order valence-electron chi connectivity index (χ3n) is 4.65. The Morgan fingerprint density at radius 2 is 1.77 bits per heavy atom. The first kappa shape index (κ1) is 20.3. The fourth-order valence-corrected chi connectivity index (χ4v) is 3.57. The Bertz CT molecular complexity index is 1140. The Kier molecular flexibility index (Phi) is 5.93. The van der Waals surface area contributed by atoms with Crippen LogP contribution in [0.1, 0.15) is 21.5 Å². The first-order valence-electron chi connectivity index (χ1n) is 9.21. The Hall–Kier alpha value is -3.02. The maximum atomic E-state index is 11.4. The number of hydrogen-bond donors (Lipinski definition) is 1. The van der Waals surface area contributed by atoms with Gasteiger partial charge in [-0.05, 0) is 42.0 Å². The predicted octanol–water partition coefficient (Wildman–Crippen LogP) is 5.98. The zero-order valence-corrected chi connectivity index (χ0v) is 17.3. The molecule has 0 fully saturated rings. The summed E-state index contributed by atoms with van der Waals surface area (Å²) >= 11 is 12.1. The zero-order chi connectivity index (χ0) is 21.1. The van der Waals surface area contributed by atoms with Crippen molar-refractivity contribution in [1.82, 2.24) is 0 Å². The van der Waals surface area contributed by atoms with Crippen LogP contribution < -0.4 is 9.47 Å². The third-order valence-corrected chi connectivity index (χ3v) is 5.23. The van der Waals surface area contributed by atoms with Crippen LogP contribution in [0.15, 0.2) is 65.7 Å². The van der Waals surface area contributed by atoms with Crippen molar-refractivity contribution in [3.05, 3.63) is 87.4 Å². The van der Waals surface area contributed by atoms with Crippen LogP contribution in [-0.2, 0) is 13.0 Å². The van der Waals surface area contributed by atoms with Crippen molar-refractivity contribution < 1.29 is 19.4 Å². The summed E-state index contributed by atoms with van der Waals surface area (Å²) in [5.74, 6) is -0.293. The number of aromatic carboxylic acids is 1. The van der Waals surface area contributed by atoms with Gasteiger partial charge in [-0.15, -0.1) is 0 Å². The fraction of sp³-hybridized carbons (Fsp3) is 0.130. The largest absolute Gasteiger partial charge is 0.485 e. The van der Waals surface area contributed by atoms with Gasteiger partial charge in [0.15, 0.2) is 11.5 Å². The molecule has 0 saturated heterocycles. The molecule has 0 bridgehead atoms. The summed E-state index contributed by atoms with van der Waals surface area (Å²) < 4.78 is 11.8. The van der Waals surface area contributed by atoms with E-state index in [-0.39, 0.29) is 18.8 Å². The molecule has 0 atom stereocenters. The molecule has 4 rings (SSSR count). The normalized spacial score (nSPS) is 12.3. The number of nitrogens with zero attached hydrogens (tertiary/aromatic N) is 1. The quantitative estimate of drug-likeness (QED) is 0.489. The molecule has 1 heterocycles. The van der Waals surface area contributed by atoms with Crippen LogP contribution in [0.2, 0.25) is 10.0 Å². The molecule has 3 aromatic rings. The topological polar surface area (TPSA) is 68.1 Å². The van der Waals surface area contributed by atoms with E-state index in [0.717, 1.165) is 22.5 Å². The molecule has 1 aliphatic rings. The Labute approximate surface area is 183 Å². The lowest BCUT2D eigenvalue weighted by Gasteiger charge is -2.14. The number of carbonyl (C=O) groups is 1. The lowest BCUT2D eigenvalue weighted by Crippen LogP contribution is -2.12. The van der Waals surface area contributed by atoms with Gasteiger partial charge in [-0.2, -0.15) is 0 Å². The van der Waals surface area contributed by atoms with Crippen LogP contribution in [0.3, 0.4) is 0 Å². The first-order valence-corrected chi connectivity index (χ1v) is 9.96. The Morgan fingerprint density at radius 3 is 2.53 bits per heavy atom. The average Bonchev–Trinajstić information content (AvgIpc) is 3.15. The van der Waals surface area contributed by atoms with E-state index in [1.54, 1.807) is 24.3 Å². The van der Waals surface area contributed by atoms with Gasteiger partial charge in [0.1, 0.15) is 13.2 Å². The van der Waals surface area contributed by atoms with Gasteiger partial charge < -0.3 is 14.6 Å². The van der Waals surface area contributed by atoms with Gasteiger partial charge in [0.05, 0.1) is 17.0 Å². The van der Waals surface area contributed by atoms with E-state index in [2.05, 4.69) is 4.99 Å². The summed E-state index contributed by atoms with van der Waals surface area (Å²) in [7, 11) is 0. The third kappa shape index (κ3) is 4.58. The number of para-hydroxylation sites is 1. The van der Waals surface area contributed by atoms with E-state index >= 15 is 0 Å². The molecule has 3 aromatic carbocycles. The number of carboxylic acid groups (broad SMARTS) is 1. The van der Waals surface area contributed by atoms with Crippen LogP contribution in [-0.4, -0.2) is 23.4 Å². The van der Waals surface area contributed by atoms with Crippen LogP contribution in [0.4, 0.5) is 5.69 Å². The lowest BCUT2D eigenvalue weighted by molar-refractivity contribution is 0.0696. The molecule has 152 valence electrons. The number of ether oxygens (including phenoxy) is 2. The number of benzene rings is 3. The van der Waals surface area contributed by atoms with E-state index in [1.165, 1.54) is 12.1 Å². The number of hydrogen-bond acceptors (Lipinski definition) is 4. The minimum atomic E-state index is -1.04. The van der Waals surface area contributed by atoms with E-state index < -0.39 is 5.97 Å². The van der Waals surface area contributed by atoms with Crippen LogP contribution in [0.25, 0.3) is 0 Å². The molecule has 1 aliphatic heterocycles. The second-order valence-corrected chi connectivity index (χ2v) is 7.61. The van der Waals surface area contributed by atoms with Gasteiger partial charge in [-0.25, -0.2) is 4.79 Å². The molecule has 30 heavy (non-hydrogen) atoms. The number of carboxylic acids is 1. The maximum absolute atomic E-state index is 11.4. The SMILES string of the molecule is O=C(O)c1ccc(OCc2ccc(Cl)cc2Cl)c(OCC2=Nc3ccccc3C2)c1. The van der Waals surface area contributed by atoms with Crippen molar-refractivity contribution in [2.24, 2.45) is 4.99 Å². The minimum absolute atomic E-state index is 0.110. The molecule has 5 nitrogen and oxygen atoms in total. The minimum Gasteiger partial charge on any atom is -0.485 e. The molecule has 0 aromatic heterocycles. The molecule has 1 N–H and O–H groups in total. The maximum Gasteiger partial charge on any atom is 0.335 e. The highest BCUT2D eigenvalue weighted by Gasteiger charge is 2.17. The first-order chi connectivity index (χ1) is 14.5. The summed E-state index contributed by atoms with van der Waals surface area (Å²) in [4.78, 5) is 16.0. The highest BCUT2D eigenvalue weighted by atomic mass is 35.5. The van der Waals surface area contributed by atoms with Crippen molar-refractivity contribution in [2.75, 3.05) is 6.61 Å². The molecule has 0 aliphatic carbocycles. The fourth-order valence-electron chi connectivity index (χ4n) is 3.11. The molecule has 0 radical (unpaired) electrons. The zero-order valence-electron chi connectivity index (χ0n) is 15.8. The molecule has 0 unspecified atom stereocenters. The van der Waals surface area contributed by atoms with E-state index in [0.29, 0.717) is 28.0 Å². The highest BCUT2D eigenvalue weighted by Crippen LogP contribution is 2.32. The van der Waals surface area contributed by atoms with Crippen molar-refractivity contribution in [1.29, 1.82) is 0 Å². The van der Waals surface area contributed by atoms with E-state index in [1.807, 2.05) is 24.3 Å². The van der Waals surface area contributed by atoms with Crippen LogP contribution in [0, 0.1) is 0 Å².